The summed E-state index contributed by atoms with van der Waals surface area (Å²) in [5.41, 5.74) is 1.23. The molecular weight excluding hydrogens is 432 g/mol. The van der Waals surface area contributed by atoms with Gasteiger partial charge in [0.25, 0.3) is 11.7 Å². The molecule has 1 atom stereocenters. The Morgan fingerprint density at radius 2 is 1.74 bits per heavy atom. The van der Waals surface area contributed by atoms with Gasteiger partial charge in [0.1, 0.15) is 17.3 Å². The summed E-state index contributed by atoms with van der Waals surface area (Å²) in [6, 6.07) is 13.6. The fraction of sp³-hybridized carbons (Fsp3) is 0.407. The molecule has 1 heterocycles. The molecule has 2 aromatic rings. The number of aliphatic hydroxyl groups is 1. The summed E-state index contributed by atoms with van der Waals surface area (Å²) in [6.45, 7) is 6.11. The molecule has 0 aliphatic carbocycles. The average molecular weight is 467 g/mol. The van der Waals surface area contributed by atoms with E-state index in [-0.39, 0.29) is 11.3 Å². The number of ether oxygens (including phenoxy) is 2. The van der Waals surface area contributed by atoms with Gasteiger partial charge in [-0.15, -0.1) is 0 Å². The molecule has 1 unspecified atom stereocenters. The molecule has 1 saturated heterocycles. The summed E-state index contributed by atoms with van der Waals surface area (Å²) < 4.78 is 11.3. The van der Waals surface area contributed by atoms with E-state index in [1.165, 1.54) is 0 Å². The number of Topliss-reactive ketones (excluding diaryl/α,β-unsaturated/α-hetero) is 1. The smallest absolute Gasteiger partial charge is 0.295 e. The highest BCUT2D eigenvalue weighted by Gasteiger charge is 2.45. The van der Waals surface area contributed by atoms with Crippen LogP contribution in [0.15, 0.2) is 54.1 Å². The van der Waals surface area contributed by atoms with Crippen molar-refractivity contribution in [1.82, 2.24) is 9.80 Å². The van der Waals surface area contributed by atoms with Crippen LogP contribution in [0.5, 0.6) is 11.5 Å². The maximum Gasteiger partial charge on any atom is 0.295 e. The first kappa shape index (κ1) is 25.3. The molecule has 182 valence electrons. The molecule has 0 bridgehead atoms. The lowest BCUT2D eigenvalue weighted by molar-refractivity contribution is -0.139. The minimum absolute atomic E-state index is 0.0798. The number of likely N-dealkylation sites (tertiary alicyclic amines) is 1. The predicted molar refractivity (Wildman–Crippen MR) is 132 cm³/mol. The molecule has 0 spiro atoms. The van der Waals surface area contributed by atoms with Gasteiger partial charge in [-0.1, -0.05) is 31.2 Å². The van der Waals surface area contributed by atoms with E-state index in [9.17, 15) is 14.7 Å². The van der Waals surface area contributed by atoms with E-state index in [2.05, 4.69) is 0 Å². The van der Waals surface area contributed by atoms with E-state index >= 15 is 0 Å². The van der Waals surface area contributed by atoms with Crippen molar-refractivity contribution in [2.24, 2.45) is 0 Å². The third-order valence-electron chi connectivity index (χ3n) is 5.61. The van der Waals surface area contributed by atoms with Crippen LogP contribution in [-0.4, -0.2) is 67.0 Å². The lowest BCUT2D eigenvalue weighted by Crippen LogP contribution is -2.32. The lowest BCUT2D eigenvalue weighted by Gasteiger charge is -2.26. The van der Waals surface area contributed by atoms with Crippen molar-refractivity contribution in [2.45, 2.75) is 32.7 Å². The van der Waals surface area contributed by atoms with Gasteiger partial charge in [0.15, 0.2) is 0 Å². The van der Waals surface area contributed by atoms with Gasteiger partial charge in [-0.25, -0.2) is 0 Å². The summed E-state index contributed by atoms with van der Waals surface area (Å²) in [5, 5.41) is 11.3. The van der Waals surface area contributed by atoms with Crippen LogP contribution in [-0.2, 0) is 9.59 Å². The fourth-order valence-corrected chi connectivity index (χ4v) is 4.06. The van der Waals surface area contributed by atoms with Crippen molar-refractivity contribution in [3.8, 4) is 11.5 Å². The molecule has 3 rings (SSSR count). The van der Waals surface area contributed by atoms with Crippen molar-refractivity contribution < 1.29 is 24.2 Å². The zero-order valence-corrected chi connectivity index (χ0v) is 20.4. The largest absolute Gasteiger partial charge is 0.507 e. The van der Waals surface area contributed by atoms with E-state index in [1.807, 2.05) is 57.1 Å². The molecule has 1 aliphatic heterocycles. The highest BCUT2D eigenvalue weighted by atomic mass is 16.5. The van der Waals surface area contributed by atoms with Crippen LogP contribution < -0.4 is 9.47 Å². The number of carbonyl (C=O) groups is 2. The highest BCUT2D eigenvalue weighted by molar-refractivity contribution is 6.46. The quantitative estimate of drug-likeness (QED) is 0.303. The first-order valence-corrected chi connectivity index (χ1v) is 11.8. The van der Waals surface area contributed by atoms with Crippen molar-refractivity contribution >= 4 is 17.4 Å². The van der Waals surface area contributed by atoms with Crippen molar-refractivity contribution in [2.75, 3.05) is 40.4 Å². The molecule has 7 nitrogen and oxygen atoms in total. The molecule has 2 aromatic carbocycles. The molecule has 1 amide bonds. The normalized spacial score (nSPS) is 17.4. The molecule has 0 saturated carbocycles. The Morgan fingerprint density at radius 3 is 2.41 bits per heavy atom. The number of amides is 1. The third kappa shape index (κ3) is 5.78. The zero-order valence-electron chi connectivity index (χ0n) is 20.4. The topological polar surface area (TPSA) is 79.3 Å². The maximum absolute atomic E-state index is 13.2. The molecule has 34 heavy (non-hydrogen) atoms. The van der Waals surface area contributed by atoms with Gasteiger partial charge in [-0.2, -0.15) is 0 Å². The minimum Gasteiger partial charge on any atom is -0.507 e. The van der Waals surface area contributed by atoms with E-state index in [4.69, 9.17) is 9.47 Å². The average Bonchev–Trinajstić information content (AvgIpc) is 3.07. The van der Waals surface area contributed by atoms with Gasteiger partial charge in [-0.05, 0) is 70.2 Å². The Bertz CT molecular complexity index is 1050. The monoisotopic (exact) mass is 466 g/mol. The second-order valence-corrected chi connectivity index (χ2v) is 8.53. The van der Waals surface area contributed by atoms with Gasteiger partial charge in [-0.3, -0.25) is 9.59 Å². The van der Waals surface area contributed by atoms with Crippen molar-refractivity contribution in [1.29, 1.82) is 0 Å². The van der Waals surface area contributed by atoms with Crippen LogP contribution >= 0.6 is 0 Å². The molecular formula is C27H34N2O5. The summed E-state index contributed by atoms with van der Waals surface area (Å²) >= 11 is 0. The molecule has 1 fully saturated rings. The Balaban J connectivity index is 2.08. The van der Waals surface area contributed by atoms with Crippen LogP contribution in [0, 0.1) is 0 Å². The van der Waals surface area contributed by atoms with E-state index < -0.39 is 17.7 Å². The molecule has 1 aliphatic rings. The highest BCUT2D eigenvalue weighted by Crippen LogP contribution is 2.40. The number of carbonyl (C=O) groups excluding carboxylic acids is 2. The number of rotatable bonds is 11. The van der Waals surface area contributed by atoms with Crippen LogP contribution in [0.4, 0.5) is 0 Å². The summed E-state index contributed by atoms with van der Waals surface area (Å²) in [7, 11) is 3.93. The van der Waals surface area contributed by atoms with Gasteiger partial charge in [0, 0.05) is 12.1 Å². The number of aliphatic hydroxyl groups excluding tert-OH is 1. The van der Waals surface area contributed by atoms with Crippen molar-refractivity contribution in [3.05, 3.63) is 65.2 Å². The molecule has 0 aromatic heterocycles. The van der Waals surface area contributed by atoms with Gasteiger partial charge < -0.3 is 24.4 Å². The fourth-order valence-electron chi connectivity index (χ4n) is 4.06. The number of benzene rings is 2. The Morgan fingerprint density at radius 1 is 1.03 bits per heavy atom. The van der Waals surface area contributed by atoms with E-state index in [0.29, 0.717) is 43.2 Å². The predicted octanol–water partition coefficient (Wildman–Crippen LogP) is 4.25. The standard InChI is InChI=1S/C27H34N2O5/c1-5-16-34-22-13-7-10-19(17-22)24-23(25(30)20-11-8-12-21(18-20)33-6-2)26(31)27(32)29(24)15-9-14-28(3)4/h7-8,10-13,17-18,24,30H,5-6,9,14-16H2,1-4H3/b25-23+. The number of hydrogen-bond acceptors (Lipinski definition) is 6. The lowest BCUT2D eigenvalue weighted by atomic mass is 9.95. The third-order valence-corrected chi connectivity index (χ3v) is 5.61. The summed E-state index contributed by atoms with van der Waals surface area (Å²) in [5.74, 6) is -0.255. The second kappa shape index (κ2) is 11.7. The molecule has 0 radical (unpaired) electrons. The minimum atomic E-state index is -0.705. The van der Waals surface area contributed by atoms with Gasteiger partial charge >= 0.3 is 0 Å². The summed E-state index contributed by atoms with van der Waals surface area (Å²) in [4.78, 5) is 29.9. The second-order valence-electron chi connectivity index (χ2n) is 8.53. The first-order valence-electron chi connectivity index (χ1n) is 11.8. The maximum atomic E-state index is 13.2. The van der Waals surface area contributed by atoms with Crippen LogP contribution in [0.1, 0.15) is 43.9 Å². The number of hydrogen-bond donors (Lipinski definition) is 1. The van der Waals surface area contributed by atoms with Gasteiger partial charge in [0.2, 0.25) is 0 Å². The Kier molecular flexibility index (Phi) is 8.71. The zero-order chi connectivity index (χ0) is 24.7. The van der Waals surface area contributed by atoms with Crippen LogP contribution in [0.2, 0.25) is 0 Å². The first-order chi connectivity index (χ1) is 16.4. The van der Waals surface area contributed by atoms with Crippen molar-refractivity contribution in [3.63, 3.8) is 0 Å². The van der Waals surface area contributed by atoms with Crippen LogP contribution in [0.25, 0.3) is 5.76 Å². The number of nitrogens with zero attached hydrogens (tertiary/aromatic N) is 2. The summed E-state index contributed by atoms with van der Waals surface area (Å²) in [6.07, 6.45) is 1.56. The van der Waals surface area contributed by atoms with E-state index in [0.717, 1.165) is 18.5 Å². The Labute approximate surface area is 201 Å². The molecule has 1 N–H and O–H groups in total. The SMILES string of the molecule is CCCOc1cccc(C2/C(=C(\O)c3cccc(OCC)c3)C(=O)C(=O)N2CCCN(C)C)c1. The number of ketones is 1. The van der Waals surface area contributed by atoms with Crippen LogP contribution in [0.3, 0.4) is 0 Å². The molecule has 7 heteroatoms. The van der Waals surface area contributed by atoms with Gasteiger partial charge in [0.05, 0.1) is 24.8 Å². The van der Waals surface area contributed by atoms with E-state index in [1.54, 1.807) is 29.2 Å². The Hall–Kier alpha value is -3.32.